The molecule has 5 nitrogen and oxygen atoms in total. The first-order valence-electron chi connectivity index (χ1n) is 6.03. The van der Waals surface area contributed by atoms with Gasteiger partial charge in [0.25, 0.3) is 5.91 Å². The molecular weight excluding hydrogens is 248 g/mol. The van der Waals surface area contributed by atoms with Crippen LogP contribution in [0.5, 0.6) is 0 Å². The number of amides is 1. The topological polar surface area (TPSA) is 66.9 Å². The second kappa shape index (κ2) is 7.92. The van der Waals surface area contributed by atoms with Crippen LogP contribution in [0.15, 0.2) is 12.4 Å². The van der Waals surface area contributed by atoms with Crippen molar-refractivity contribution >= 4 is 23.5 Å². The Kier molecular flexibility index (Phi) is 6.49. The van der Waals surface area contributed by atoms with E-state index in [1.807, 2.05) is 13.8 Å². The number of carbonyl (C=O) groups is 1. The Hall–Kier alpha value is -1.30. The van der Waals surface area contributed by atoms with E-state index >= 15 is 0 Å². The number of aromatic nitrogens is 2. The van der Waals surface area contributed by atoms with Gasteiger partial charge in [-0.1, -0.05) is 0 Å². The summed E-state index contributed by atoms with van der Waals surface area (Å²) >= 11 is 1.77. The second-order valence-electron chi connectivity index (χ2n) is 3.98. The van der Waals surface area contributed by atoms with Gasteiger partial charge in [-0.2, -0.15) is 11.8 Å². The van der Waals surface area contributed by atoms with Crippen molar-refractivity contribution in [2.45, 2.75) is 26.3 Å². The van der Waals surface area contributed by atoms with E-state index in [0.717, 1.165) is 18.7 Å². The van der Waals surface area contributed by atoms with Gasteiger partial charge in [0.15, 0.2) is 0 Å². The van der Waals surface area contributed by atoms with E-state index in [0.29, 0.717) is 11.5 Å². The highest BCUT2D eigenvalue weighted by Gasteiger charge is 2.11. The van der Waals surface area contributed by atoms with Crippen molar-refractivity contribution in [3.63, 3.8) is 0 Å². The van der Waals surface area contributed by atoms with Gasteiger partial charge in [0, 0.05) is 12.6 Å². The van der Waals surface area contributed by atoms with E-state index in [4.69, 9.17) is 0 Å². The fourth-order valence-electron chi connectivity index (χ4n) is 1.41. The zero-order chi connectivity index (χ0) is 13.4. The number of nitrogens with one attached hydrogen (secondary N) is 2. The molecule has 0 spiro atoms. The molecule has 1 unspecified atom stereocenters. The summed E-state index contributed by atoms with van der Waals surface area (Å²) in [5.41, 5.74) is 0.351. The average molecular weight is 268 g/mol. The third-order valence-corrected chi connectivity index (χ3v) is 3.00. The average Bonchev–Trinajstić information content (AvgIpc) is 2.37. The molecule has 1 aromatic heterocycles. The molecule has 0 saturated carbocycles. The number of hydrogen-bond acceptors (Lipinski definition) is 5. The van der Waals surface area contributed by atoms with Crippen molar-refractivity contribution in [2.75, 3.05) is 23.9 Å². The van der Waals surface area contributed by atoms with Gasteiger partial charge in [-0.15, -0.1) is 0 Å². The van der Waals surface area contributed by atoms with Gasteiger partial charge in [-0.25, -0.2) is 4.98 Å². The first-order valence-corrected chi connectivity index (χ1v) is 7.42. The van der Waals surface area contributed by atoms with Crippen molar-refractivity contribution < 1.29 is 4.79 Å². The molecule has 1 heterocycles. The predicted octanol–water partition coefficient (Wildman–Crippen LogP) is 1.78. The van der Waals surface area contributed by atoms with Crippen LogP contribution in [-0.2, 0) is 0 Å². The van der Waals surface area contributed by atoms with Crippen LogP contribution in [0.25, 0.3) is 0 Å². The first-order chi connectivity index (χ1) is 8.67. The van der Waals surface area contributed by atoms with E-state index in [9.17, 15) is 4.79 Å². The molecule has 100 valence electrons. The maximum atomic E-state index is 11.9. The lowest BCUT2D eigenvalue weighted by molar-refractivity contribution is 0.0934. The lowest BCUT2D eigenvalue weighted by atomic mass is 10.2. The molecule has 0 aromatic carbocycles. The second-order valence-corrected chi connectivity index (χ2v) is 4.96. The number of nitrogens with zero attached hydrogens (tertiary/aromatic N) is 2. The smallest absolute Gasteiger partial charge is 0.271 e. The fourth-order valence-corrected chi connectivity index (χ4v) is 2.00. The van der Waals surface area contributed by atoms with Gasteiger partial charge in [-0.3, -0.25) is 9.78 Å². The summed E-state index contributed by atoms with van der Waals surface area (Å²) in [6.07, 6.45) is 6.10. The zero-order valence-electron chi connectivity index (χ0n) is 11.1. The monoisotopic (exact) mass is 268 g/mol. The molecule has 18 heavy (non-hydrogen) atoms. The molecular formula is C12H20N4OS. The third-order valence-electron chi connectivity index (χ3n) is 2.36. The molecule has 2 N–H and O–H groups in total. The van der Waals surface area contributed by atoms with Crippen LogP contribution in [0, 0.1) is 0 Å². The summed E-state index contributed by atoms with van der Waals surface area (Å²) < 4.78 is 0. The van der Waals surface area contributed by atoms with Gasteiger partial charge < -0.3 is 10.6 Å². The third kappa shape index (κ3) is 4.91. The molecule has 0 aliphatic rings. The summed E-state index contributed by atoms with van der Waals surface area (Å²) in [7, 11) is 0. The summed E-state index contributed by atoms with van der Waals surface area (Å²) in [6, 6.07) is 0.148. The first kappa shape index (κ1) is 14.8. The van der Waals surface area contributed by atoms with Crippen LogP contribution in [0.3, 0.4) is 0 Å². The summed E-state index contributed by atoms with van der Waals surface area (Å²) in [4.78, 5) is 20.1. The van der Waals surface area contributed by atoms with Gasteiger partial charge in [-0.05, 0) is 32.3 Å². The Morgan fingerprint density at radius 3 is 2.94 bits per heavy atom. The minimum absolute atomic E-state index is 0.148. The molecule has 1 aromatic rings. The minimum Gasteiger partial charge on any atom is -0.369 e. The fraction of sp³-hybridized carbons (Fsp3) is 0.583. The number of hydrogen-bond donors (Lipinski definition) is 2. The molecule has 6 heteroatoms. The molecule has 1 atom stereocenters. The predicted molar refractivity (Wildman–Crippen MR) is 76.1 cm³/mol. The SMILES string of the molecule is CCNc1cncc(C(=O)NC(C)CCSC)n1. The lowest BCUT2D eigenvalue weighted by Crippen LogP contribution is -2.33. The summed E-state index contributed by atoms with van der Waals surface area (Å²) in [6.45, 7) is 4.72. The van der Waals surface area contributed by atoms with Crippen molar-refractivity contribution in [1.29, 1.82) is 0 Å². The van der Waals surface area contributed by atoms with Gasteiger partial charge in [0.05, 0.1) is 12.4 Å². The van der Waals surface area contributed by atoms with E-state index < -0.39 is 0 Å². The minimum atomic E-state index is -0.171. The molecule has 1 rings (SSSR count). The van der Waals surface area contributed by atoms with Crippen LogP contribution < -0.4 is 10.6 Å². The molecule has 0 saturated heterocycles. The summed E-state index contributed by atoms with van der Waals surface area (Å²) in [5, 5.41) is 5.95. The van der Waals surface area contributed by atoms with Crippen molar-refractivity contribution in [2.24, 2.45) is 0 Å². The van der Waals surface area contributed by atoms with Crippen molar-refractivity contribution in [3.8, 4) is 0 Å². The van der Waals surface area contributed by atoms with E-state index in [-0.39, 0.29) is 11.9 Å². The maximum Gasteiger partial charge on any atom is 0.271 e. The van der Waals surface area contributed by atoms with Crippen LogP contribution in [0.4, 0.5) is 5.82 Å². The van der Waals surface area contributed by atoms with Crippen molar-refractivity contribution in [1.82, 2.24) is 15.3 Å². The van der Waals surface area contributed by atoms with Gasteiger partial charge >= 0.3 is 0 Å². The normalized spacial score (nSPS) is 11.9. The molecule has 0 aliphatic carbocycles. The Morgan fingerprint density at radius 2 is 2.28 bits per heavy atom. The molecule has 1 amide bonds. The Bertz CT molecular complexity index is 386. The van der Waals surface area contributed by atoms with E-state index in [2.05, 4.69) is 26.9 Å². The van der Waals surface area contributed by atoms with Crippen molar-refractivity contribution in [3.05, 3.63) is 18.1 Å². The highest BCUT2D eigenvalue weighted by atomic mass is 32.2. The number of thioether (sulfide) groups is 1. The standard InChI is InChI=1S/C12H20N4OS/c1-4-14-11-8-13-7-10(16-11)12(17)15-9(2)5-6-18-3/h7-9H,4-6H2,1-3H3,(H,14,16)(H,15,17). The van der Waals surface area contributed by atoms with Gasteiger partial charge in [0.1, 0.15) is 11.5 Å². The van der Waals surface area contributed by atoms with E-state index in [1.165, 1.54) is 6.20 Å². The largest absolute Gasteiger partial charge is 0.369 e. The number of carbonyl (C=O) groups excluding carboxylic acids is 1. The molecule has 0 radical (unpaired) electrons. The van der Waals surface area contributed by atoms with Crippen LogP contribution in [0.2, 0.25) is 0 Å². The molecule has 0 fully saturated rings. The van der Waals surface area contributed by atoms with Gasteiger partial charge in [0.2, 0.25) is 0 Å². The Balaban J connectivity index is 2.57. The zero-order valence-corrected chi connectivity index (χ0v) is 11.9. The highest BCUT2D eigenvalue weighted by molar-refractivity contribution is 7.98. The van der Waals surface area contributed by atoms with Crippen LogP contribution in [-0.4, -0.2) is 40.5 Å². The Labute approximate surface area is 112 Å². The molecule has 0 bridgehead atoms. The van der Waals surface area contributed by atoms with Crippen LogP contribution >= 0.6 is 11.8 Å². The Morgan fingerprint density at radius 1 is 1.50 bits per heavy atom. The molecule has 0 aliphatic heterocycles. The van der Waals surface area contributed by atoms with Crippen LogP contribution in [0.1, 0.15) is 30.8 Å². The quantitative estimate of drug-likeness (QED) is 0.789. The number of anilines is 1. The summed E-state index contributed by atoms with van der Waals surface area (Å²) in [5.74, 6) is 1.49. The van der Waals surface area contributed by atoms with E-state index in [1.54, 1.807) is 18.0 Å². The lowest BCUT2D eigenvalue weighted by Gasteiger charge is -2.13. The highest BCUT2D eigenvalue weighted by Crippen LogP contribution is 2.04. The number of rotatable bonds is 7. The maximum absolute atomic E-state index is 11.9.